The molecule has 0 aromatic carbocycles. The molecule has 0 aromatic heterocycles. The molecular formula is C10H23O5Zr. The van der Waals surface area contributed by atoms with Crippen LogP contribution in [0.2, 0.25) is 0 Å². The minimum atomic E-state index is -2.26. The summed E-state index contributed by atoms with van der Waals surface area (Å²) in [5.41, 5.74) is 0. The molecule has 0 amide bonds. The van der Waals surface area contributed by atoms with E-state index in [1.54, 1.807) is 6.92 Å². The first-order valence-electron chi connectivity index (χ1n) is 5.50. The van der Waals surface area contributed by atoms with E-state index in [9.17, 15) is 4.79 Å². The third kappa shape index (κ3) is 16.7. The van der Waals surface area contributed by atoms with Crippen LogP contribution in [0.3, 0.4) is 0 Å². The van der Waals surface area contributed by atoms with Gasteiger partial charge in [0.2, 0.25) is 0 Å². The first kappa shape index (κ1) is 18.6. The van der Waals surface area contributed by atoms with Gasteiger partial charge in [-0.05, 0) is 6.92 Å². The first-order valence-corrected chi connectivity index (χ1v) is 8.51. The topological polar surface area (TPSA) is 54.0 Å². The number of carbonyl (C=O) groups is 1. The summed E-state index contributed by atoms with van der Waals surface area (Å²) < 4.78 is 20.2. The quantitative estimate of drug-likeness (QED) is 0.673. The Kier molecular flexibility index (Phi) is 17.7. The van der Waals surface area contributed by atoms with Crippen molar-refractivity contribution < 1.29 is 41.0 Å². The van der Waals surface area contributed by atoms with E-state index in [4.69, 9.17) is 8.44 Å². The van der Waals surface area contributed by atoms with Gasteiger partial charge in [0.25, 0.3) is 0 Å². The number of ether oxygens (including phenoxy) is 1. The molecule has 5 nitrogen and oxygen atoms in total. The summed E-state index contributed by atoms with van der Waals surface area (Å²) in [6.07, 6.45) is 0. The van der Waals surface area contributed by atoms with Gasteiger partial charge in [-0.1, -0.05) is 0 Å². The molecule has 0 aliphatic carbocycles. The fraction of sp³-hybridized carbons (Fsp3) is 0.900. The Balaban J connectivity index is 0. The van der Waals surface area contributed by atoms with E-state index in [0.29, 0.717) is 26.4 Å². The van der Waals surface area contributed by atoms with Gasteiger partial charge in [0, 0.05) is 6.92 Å². The maximum atomic E-state index is 9.82. The summed E-state index contributed by atoms with van der Waals surface area (Å²) >= 11 is -2.26. The van der Waals surface area contributed by atoms with Crippen LogP contribution in [-0.2, 0) is 41.0 Å². The Morgan fingerprint density at radius 1 is 0.875 bits per heavy atom. The van der Waals surface area contributed by atoms with Gasteiger partial charge in [-0.25, -0.2) is 0 Å². The van der Waals surface area contributed by atoms with Crippen LogP contribution in [0, 0.1) is 0 Å². The second-order valence-corrected chi connectivity index (χ2v) is 5.83. The Morgan fingerprint density at radius 3 is 1.38 bits per heavy atom. The van der Waals surface area contributed by atoms with Gasteiger partial charge < -0.3 is 4.74 Å². The van der Waals surface area contributed by atoms with Gasteiger partial charge >= 0.3 is 78.1 Å². The van der Waals surface area contributed by atoms with E-state index < -0.39 is 23.1 Å². The van der Waals surface area contributed by atoms with E-state index >= 15 is 0 Å². The molecule has 0 atom stereocenters. The molecule has 0 heterocycles. The van der Waals surface area contributed by atoms with Crippen LogP contribution in [0.25, 0.3) is 0 Å². The summed E-state index contributed by atoms with van der Waals surface area (Å²) in [5, 5.41) is 0. The Labute approximate surface area is 108 Å². The Morgan fingerprint density at radius 2 is 1.25 bits per heavy atom. The molecule has 0 aliphatic rings. The van der Waals surface area contributed by atoms with Gasteiger partial charge in [0.1, 0.15) is 0 Å². The SMILES string of the molecule is CCOC(C)=O.CC[O][Zr]([O]CC)[O]CC. The van der Waals surface area contributed by atoms with Crippen LogP contribution in [0.1, 0.15) is 34.6 Å². The van der Waals surface area contributed by atoms with Crippen molar-refractivity contribution in [3.05, 3.63) is 0 Å². The Hall–Kier alpha value is 0.233. The summed E-state index contributed by atoms with van der Waals surface area (Å²) in [7, 11) is 0. The number of rotatable bonds is 7. The molecule has 97 valence electrons. The average Bonchev–Trinajstić information content (AvgIpc) is 2.19. The molecule has 16 heavy (non-hydrogen) atoms. The monoisotopic (exact) mass is 313 g/mol. The van der Waals surface area contributed by atoms with E-state index in [1.165, 1.54) is 6.92 Å². The van der Waals surface area contributed by atoms with Crippen LogP contribution >= 0.6 is 0 Å². The molecule has 0 unspecified atom stereocenters. The molecular weight excluding hydrogens is 291 g/mol. The van der Waals surface area contributed by atoms with Crippen molar-refractivity contribution in [1.82, 2.24) is 0 Å². The Bertz CT molecular complexity index is 140. The molecule has 0 radical (unpaired) electrons. The van der Waals surface area contributed by atoms with Gasteiger partial charge in [-0.2, -0.15) is 0 Å². The first-order chi connectivity index (χ1) is 7.62. The van der Waals surface area contributed by atoms with Crippen LogP contribution < -0.4 is 0 Å². The van der Waals surface area contributed by atoms with Crippen molar-refractivity contribution in [3.8, 4) is 0 Å². The predicted octanol–water partition coefficient (Wildman–Crippen LogP) is 2.03. The van der Waals surface area contributed by atoms with Crippen LogP contribution in [-0.4, -0.2) is 32.4 Å². The molecule has 0 saturated heterocycles. The van der Waals surface area contributed by atoms with E-state index in [1.807, 2.05) is 20.8 Å². The number of hydrogen-bond acceptors (Lipinski definition) is 5. The summed E-state index contributed by atoms with van der Waals surface area (Å²) in [6, 6.07) is 0. The third-order valence-electron chi connectivity index (χ3n) is 1.13. The zero-order valence-corrected chi connectivity index (χ0v) is 13.3. The van der Waals surface area contributed by atoms with Crippen molar-refractivity contribution in [1.29, 1.82) is 0 Å². The molecule has 0 rings (SSSR count). The summed E-state index contributed by atoms with van der Waals surface area (Å²) in [5.74, 6) is -0.211. The summed E-state index contributed by atoms with van der Waals surface area (Å²) in [4.78, 5) is 9.82. The van der Waals surface area contributed by atoms with Gasteiger partial charge in [0.15, 0.2) is 0 Å². The van der Waals surface area contributed by atoms with Gasteiger partial charge in [-0.3, -0.25) is 4.79 Å². The normalized spacial score (nSPS) is 9.06. The number of carbonyl (C=O) groups excluding carboxylic acids is 1. The second-order valence-electron chi connectivity index (χ2n) is 2.47. The van der Waals surface area contributed by atoms with Crippen molar-refractivity contribution >= 4 is 5.97 Å². The maximum absolute atomic E-state index is 9.82. The molecule has 6 heteroatoms. The average molecular weight is 315 g/mol. The van der Waals surface area contributed by atoms with Crippen molar-refractivity contribution in [3.63, 3.8) is 0 Å². The fourth-order valence-corrected chi connectivity index (χ4v) is 3.03. The molecule has 0 N–H and O–H groups in total. The van der Waals surface area contributed by atoms with Crippen LogP contribution in [0.4, 0.5) is 0 Å². The molecule has 0 bridgehead atoms. The number of hydrogen-bond donors (Lipinski definition) is 0. The van der Waals surface area contributed by atoms with Crippen molar-refractivity contribution in [2.45, 2.75) is 34.6 Å². The second kappa shape index (κ2) is 15.2. The van der Waals surface area contributed by atoms with Crippen LogP contribution in [0.5, 0.6) is 0 Å². The standard InChI is InChI=1S/C4H8O2.3C2H5O.Zr/c1-3-6-4(2)5;3*1-2-3;/h3H2,1-2H3;3*2H2,1H3;/q;3*-1;+3. The van der Waals surface area contributed by atoms with E-state index in [0.717, 1.165) is 0 Å². The molecule has 0 aliphatic heterocycles. The molecule has 0 fully saturated rings. The van der Waals surface area contributed by atoms with Crippen molar-refractivity contribution in [2.24, 2.45) is 0 Å². The van der Waals surface area contributed by atoms with E-state index in [2.05, 4.69) is 4.74 Å². The van der Waals surface area contributed by atoms with Gasteiger partial charge in [-0.15, -0.1) is 0 Å². The third-order valence-corrected chi connectivity index (χ3v) is 5.00. The molecule has 0 aromatic rings. The van der Waals surface area contributed by atoms with E-state index in [-0.39, 0.29) is 5.97 Å². The fourth-order valence-electron chi connectivity index (χ4n) is 0.682. The van der Waals surface area contributed by atoms with Crippen molar-refractivity contribution in [2.75, 3.05) is 26.4 Å². The zero-order chi connectivity index (χ0) is 12.8. The molecule has 0 spiro atoms. The predicted molar refractivity (Wildman–Crippen MR) is 57.2 cm³/mol. The molecule has 0 saturated carbocycles. The minimum absolute atomic E-state index is 0.211. The summed E-state index contributed by atoms with van der Waals surface area (Å²) in [6.45, 7) is 11.6. The number of esters is 1. The van der Waals surface area contributed by atoms with Crippen LogP contribution in [0.15, 0.2) is 0 Å². The van der Waals surface area contributed by atoms with Gasteiger partial charge in [0.05, 0.1) is 6.61 Å². The zero-order valence-electron chi connectivity index (χ0n) is 10.9.